The van der Waals surface area contributed by atoms with Crippen LogP contribution in [0.4, 0.5) is 11.4 Å². The fourth-order valence-corrected chi connectivity index (χ4v) is 2.57. The summed E-state index contributed by atoms with van der Waals surface area (Å²) in [6.45, 7) is 2.38. The molecule has 0 unspecified atom stereocenters. The lowest BCUT2D eigenvalue weighted by atomic mass is 10.2. The van der Waals surface area contributed by atoms with Crippen molar-refractivity contribution >= 4 is 40.8 Å². The summed E-state index contributed by atoms with van der Waals surface area (Å²) in [5.74, 6) is -0.901. The molecule has 154 valence electrons. The van der Waals surface area contributed by atoms with E-state index in [1.807, 2.05) is 6.92 Å². The maximum atomic E-state index is 12.2. The third-order valence-electron chi connectivity index (χ3n) is 3.80. The number of rotatable bonds is 9. The lowest BCUT2D eigenvalue weighted by molar-refractivity contribution is -0.119. The summed E-state index contributed by atoms with van der Waals surface area (Å²) in [5, 5.41) is 6.06. The van der Waals surface area contributed by atoms with E-state index in [9.17, 15) is 14.4 Å². The standard InChI is InChI=1S/C21H24ClN3O4/c1-3-12-29-21(28)15-4-8-17(9-5-15)23-19(26)13-25(2)14-20(27)24-18-10-6-16(22)7-11-18/h4-11H,3,12-14H2,1-2H3,(H,23,26)(H,24,27). The number of esters is 1. The predicted molar refractivity (Wildman–Crippen MR) is 113 cm³/mol. The van der Waals surface area contributed by atoms with Gasteiger partial charge in [0.2, 0.25) is 11.8 Å². The van der Waals surface area contributed by atoms with Gasteiger partial charge in [0.15, 0.2) is 0 Å². The average Bonchev–Trinajstić information content (AvgIpc) is 2.68. The molecule has 0 aliphatic heterocycles. The highest BCUT2D eigenvalue weighted by molar-refractivity contribution is 6.30. The van der Waals surface area contributed by atoms with Gasteiger partial charge in [0, 0.05) is 16.4 Å². The Morgan fingerprint density at radius 1 is 0.897 bits per heavy atom. The average molecular weight is 418 g/mol. The Labute approximate surface area is 175 Å². The maximum Gasteiger partial charge on any atom is 0.338 e. The Morgan fingerprint density at radius 3 is 1.86 bits per heavy atom. The van der Waals surface area contributed by atoms with Crippen LogP contribution < -0.4 is 10.6 Å². The smallest absolute Gasteiger partial charge is 0.338 e. The molecule has 0 aliphatic rings. The minimum absolute atomic E-state index is 0.0360. The van der Waals surface area contributed by atoms with E-state index >= 15 is 0 Å². The molecule has 29 heavy (non-hydrogen) atoms. The molecule has 2 aromatic carbocycles. The molecule has 2 rings (SSSR count). The van der Waals surface area contributed by atoms with Gasteiger partial charge in [0.05, 0.1) is 25.3 Å². The van der Waals surface area contributed by atoms with Gasteiger partial charge in [0.25, 0.3) is 0 Å². The Kier molecular flexibility index (Phi) is 8.64. The quantitative estimate of drug-likeness (QED) is 0.610. The zero-order valence-electron chi connectivity index (χ0n) is 16.4. The SMILES string of the molecule is CCCOC(=O)c1ccc(NC(=O)CN(C)CC(=O)Nc2ccc(Cl)cc2)cc1. The maximum absolute atomic E-state index is 12.2. The van der Waals surface area contributed by atoms with Crippen molar-refractivity contribution in [2.24, 2.45) is 0 Å². The number of hydrogen-bond donors (Lipinski definition) is 2. The van der Waals surface area contributed by atoms with E-state index in [4.69, 9.17) is 16.3 Å². The predicted octanol–water partition coefficient (Wildman–Crippen LogP) is 3.42. The second kappa shape index (κ2) is 11.2. The number of nitrogens with one attached hydrogen (secondary N) is 2. The number of nitrogens with zero attached hydrogens (tertiary/aromatic N) is 1. The molecule has 7 nitrogen and oxygen atoms in total. The van der Waals surface area contributed by atoms with Crippen LogP contribution >= 0.6 is 11.6 Å². The van der Waals surface area contributed by atoms with E-state index < -0.39 is 5.97 Å². The van der Waals surface area contributed by atoms with Gasteiger partial charge in [-0.05, 0) is 62.0 Å². The van der Waals surface area contributed by atoms with Crippen LogP contribution in [0.3, 0.4) is 0 Å². The number of halogens is 1. The van der Waals surface area contributed by atoms with E-state index in [2.05, 4.69) is 10.6 Å². The van der Waals surface area contributed by atoms with Gasteiger partial charge < -0.3 is 15.4 Å². The molecule has 0 saturated heterocycles. The third kappa shape index (κ3) is 7.93. The van der Waals surface area contributed by atoms with Crippen LogP contribution in [-0.4, -0.2) is 49.4 Å². The highest BCUT2D eigenvalue weighted by Crippen LogP contribution is 2.13. The first-order valence-electron chi connectivity index (χ1n) is 9.18. The molecule has 2 amide bonds. The van der Waals surface area contributed by atoms with Gasteiger partial charge in [-0.1, -0.05) is 18.5 Å². The normalized spacial score (nSPS) is 10.5. The number of benzene rings is 2. The Hall–Kier alpha value is -2.90. The number of amides is 2. The highest BCUT2D eigenvalue weighted by Gasteiger charge is 2.12. The minimum atomic E-state index is -0.392. The first kappa shape index (κ1) is 22.4. The number of anilines is 2. The second-order valence-corrected chi connectivity index (χ2v) is 6.93. The van der Waals surface area contributed by atoms with Crippen molar-refractivity contribution in [2.45, 2.75) is 13.3 Å². The summed E-state index contributed by atoms with van der Waals surface area (Å²) < 4.78 is 5.06. The summed E-state index contributed by atoms with van der Waals surface area (Å²) in [4.78, 5) is 37.6. The van der Waals surface area contributed by atoms with Crippen LogP contribution in [-0.2, 0) is 14.3 Å². The third-order valence-corrected chi connectivity index (χ3v) is 4.05. The van der Waals surface area contributed by atoms with Crippen LogP contribution in [0.5, 0.6) is 0 Å². The largest absolute Gasteiger partial charge is 0.462 e. The van der Waals surface area contributed by atoms with E-state index in [1.165, 1.54) is 0 Å². The summed E-state index contributed by atoms with van der Waals surface area (Å²) in [7, 11) is 1.67. The van der Waals surface area contributed by atoms with Gasteiger partial charge >= 0.3 is 5.97 Å². The molecule has 0 aromatic heterocycles. The molecule has 0 fully saturated rings. The summed E-state index contributed by atoms with van der Waals surface area (Å²) in [6, 6.07) is 13.2. The first-order valence-corrected chi connectivity index (χ1v) is 9.56. The molecule has 2 N–H and O–H groups in total. The van der Waals surface area contributed by atoms with E-state index in [0.717, 1.165) is 6.42 Å². The van der Waals surface area contributed by atoms with Gasteiger partial charge in [-0.2, -0.15) is 0 Å². The van der Waals surface area contributed by atoms with Gasteiger partial charge in [-0.3, -0.25) is 14.5 Å². The number of carbonyl (C=O) groups is 3. The first-order chi connectivity index (χ1) is 13.9. The van der Waals surface area contributed by atoms with Crippen LogP contribution in [0.1, 0.15) is 23.7 Å². The van der Waals surface area contributed by atoms with Crippen molar-refractivity contribution in [3.63, 3.8) is 0 Å². The van der Waals surface area contributed by atoms with E-state index in [-0.39, 0.29) is 24.9 Å². The van der Waals surface area contributed by atoms with Crippen molar-refractivity contribution in [2.75, 3.05) is 37.4 Å². The van der Waals surface area contributed by atoms with Gasteiger partial charge in [0.1, 0.15) is 0 Å². The van der Waals surface area contributed by atoms with E-state index in [1.54, 1.807) is 60.5 Å². The topological polar surface area (TPSA) is 87.7 Å². The van der Waals surface area contributed by atoms with Gasteiger partial charge in [-0.15, -0.1) is 0 Å². The molecule has 0 spiro atoms. The number of ether oxygens (including phenoxy) is 1. The van der Waals surface area contributed by atoms with Gasteiger partial charge in [-0.25, -0.2) is 4.79 Å². The second-order valence-electron chi connectivity index (χ2n) is 6.49. The summed E-state index contributed by atoms with van der Waals surface area (Å²) in [6.07, 6.45) is 0.755. The molecular weight excluding hydrogens is 394 g/mol. The fourth-order valence-electron chi connectivity index (χ4n) is 2.45. The van der Waals surface area contributed by atoms with Crippen LogP contribution in [0.25, 0.3) is 0 Å². The monoisotopic (exact) mass is 417 g/mol. The molecule has 0 saturated carbocycles. The summed E-state index contributed by atoms with van der Waals surface area (Å²) in [5.41, 5.74) is 1.61. The van der Waals surface area contributed by atoms with Crippen LogP contribution in [0, 0.1) is 0 Å². The molecule has 0 radical (unpaired) electrons. The van der Waals surface area contributed by atoms with Crippen LogP contribution in [0.2, 0.25) is 5.02 Å². The molecule has 2 aromatic rings. The molecule has 0 aliphatic carbocycles. The van der Waals surface area contributed by atoms with Crippen molar-refractivity contribution in [3.8, 4) is 0 Å². The van der Waals surface area contributed by atoms with Crippen molar-refractivity contribution in [1.82, 2.24) is 4.90 Å². The Morgan fingerprint density at radius 2 is 1.38 bits per heavy atom. The Balaban J connectivity index is 1.78. The fraction of sp³-hybridized carbons (Fsp3) is 0.286. The van der Waals surface area contributed by atoms with Crippen molar-refractivity contribution in [3.05, 3.63) is 59.1 Å². The number of likely N-dealkylation sites (N-methyl/N-ethyl adjacent to an activating group) is 1. The Bertz CT molecular complexity index is 838. The minimum Gasteiger partial charge on any atom is -0.462 e. The highest BCUT2D eigenvalue weighted by atomic mass is 35.5. The van der Waals surface area contributed by atoms with Crippen molar-refractivity contribution in [1.29, 1.82) is 0 Å². The lowest BCUT2D eigenvalue weighted by Gasteiger charge is -2.16. The molecule has 0 heterocycles. The zero-order chi connectivity index (χ0) is 21.2. The molecule has 0 bridgehead atoms. The summed E-state index contributed by atoms with van der Waals surface area (Å²) >= 11 is 5.81. The molecule has 0 atom stereocenters. The number of carbonyl (C=O) groups excluding carboxylic acids is 3. The molecule has 8 heteroatoms. The zero-order valence-corrected chi connectivity index (χ0v) is 17.2. The number of hydrogen-bond acceptors (Lipinski definition) is 5. The van der Waals surface area contributed by atoms with Crippen LogP contribution in [0.15, 0.2) is 48.5 Å². The molecular formula is C21H24ClN3O4. The van der Waals surface area contributed by atoms with E-state index in [0.29, 0.717) is 28.6 Å². The lowest BCUT2D eigenvalue weighted by Crippen LogP contribution is -2.36. The van der Waals surface area contributed by atoms with Crippen molar-refractivity contribution < 1.29 is 19.1 Å².